The van der Waals surface area contributed by atoms with E-state index in [0.717, 1.165) is 11.1 Å². The highest BCUT2D eigenvalue weighted by Gasteiger charge is 2.58. The molecule has 1 rings (SSSR count). The van der Waals surface area contributed by atoms with Gasteiger partial charge in [0.05, 0.1) is 6.10 Å². The van der Waals surface area contributed by atoms with Gasteiger partial charge >= 0.3 is 11.0 Å². The standard InChI is InChI=1S/C14H16Cl4O3/c1-8(2)20-12(19)13(15,14(16,17)18)21-11-7-5-6-9(3)10(11)4/h5-8H,1-4H3. The van der Waals surface area contributed by atoms with E-state index in [0.29, 0.717) is 5.75 Å². The van der Waals surface area contributed by atoms with E-state index in [1.54, 1.807) is 26.0 Å². The smallest absolute Gasteiger partial charge is 0.371 e. The number of aryl methyl sites for hydroxylation is 1. The van der Waals surface area contributed by atoms with Crippen LogP contribution in [0.1, 0.15) is 25.0 Å². The van der Waals surface area contributed by atoms with Crippen LogP contribution < -0.4 is 4.74 Å². The minimum Gasteiger partial charge on any atom is -0.459 e. The number of alkyl halides is 4. The molecular weight excluding hydrogens is 358 g/mol. The van der Waals surface area contributed by atoms with E-state index in [-0.39, 0.29) is 0 Å². The van der Waals surface area contributed by atoms with Gasteiger partial charge < -0.3 is 9.47 Å². The molecule has 118 valence electrons. The van der Waals surface area contributed by atoms with Crippen LogP contribution in [0.4, 0.5) is 0 Å². The van der Waals surface area contributed by atoms with Gasteiger partial charge in [0.15, 0.2) is 0 Å². The molecule has 0 N–H and O–H groups in total. The van der Waals surface area contributed by atoms with E-state index >= 15 is 0 Å². The first-order valence-corrected chi connectivity index (χ1v) is 7.72. The number of hydrogen-bond acceptors (Lipinski definition) is 3. The Balaban J connectivity index is 3.21. The topological polar surface area (TPSA) is 35.5 Å². The van der Waals surface area contributed by atoms with Gasteiger partial charge in [-0.3, -0.25) is 0 Å². The Morgan fingerprint density at radius 1 is 1.14 bits per heavy atom. The maximum Gasteiger partial charge on any atom is 0.371 e. The molecule has 0 saturated carbocycles. The third-order valence-corrected chi connectivity index (χ3v) is 4.38. The third kappa shape index (κ3) is 4.32. The number of halogens is 4. The Labute approximate surface area is 144 Å². The molecule has 1 aromatic rings. The van der Waals surface area contributed by atoms with Gasteiger partial charge in [-0.2, -0.15) is 0 Å². The van der Waals surface area contributed by atoms with Crippen LogP contribution in [0.25, 0.3) is 0 Å². The van der Waals surface area contributed by atoms with Crippen LogP contribution in [0.15, 0.2) is 18.2 Å². The van der Waals surface area contributed by atoms with Crippen LogP contribution in [-0.2, 0) is 9.53 Å². The van der Waals surface area contributed by atoms with Crippen molar-refractivity contribution in [2.45, 2.75) is 42.7 Å². The van der Waals surface area contributed by atoms with Crippen molar-refractivity contribution in [3.8, 4) is 5.75 Å². The average molecular weight is 374 g/mol. The van der Waals surface area contributed by atoms with Crippen molar-refractivity contribution in [3.63, 3.8) is 0 Å². The largest absolute Gasteiger partial charge is 0.459 e. The average Bonchev–Trinajstić information content (AvgIpc) is 2.32. The van der Waals surface area contributed by atoms with Gasteiger partial charge in [0.2, 0.25) is 0 Å². The SMILES string of the molecule is Cc1cccc(OC(Cl)(C(=O)OC(C)C)C(Cl)(Cl)Cl)c1C. The summed E-state index contributed by atoms with van der Waals surface area (Å²) in [4.78, 5) is 12.2. The second kappa shape index (κ2) is 6.82. The minimum atomic E-state index is -2.28. The summed E-state index contributed by atoms with van der Waals surface area (Å²) in [5.74, 6) is -0.614. The van der Waals surface area contributed by atoms with Crippen LogP contribution in [0.3, 0.4) is 0 Å². The number of hydrogen-bond donors (Lipinski definition) is 0. The van der Waals surface area contributed by atoms with Gasteiger partial charge in [0, 0.05) is 0 Å². The number of benzene rings is 1. The molecule has 0 spiro atoms. The summed E-state index contributed by atoms with van der Waals surface area (Å²) in [6.07, 6.45) is -0.426. The molecule has 0 heterocycles. The molecule has 3 nitrogen and oxygen atoms in total. The zero-order valence-electron chi connectivity index (χ0n) is 12.0. The number of rotatable bonds is 4. The molecule has 0 radical (unpaired) electrons. The lowest BCUT2D eigenvalue weighted by atomic mass is 10.1. The van der Waals surface area contributed by atoms with E-state index in [9.17, 15) is 4.79 Å². The molecule has 0 saturated heterocycles. The Bertz CT molecular complexity index is 525. The first-order valence-electron chi connectivity index (χ1n) is 6.21. The molecular formula is C14H16Cl4O3. The summed E-state index contributed by atoms with van der Waals surface area (Å²) < 4.78 is 8.36. The van der Waals surface area contributed by atoms with Crippen LogP contribution in [0.5, 0.6) is 5.75 Å². The molecule has 1 unspecified atom stereocenters. The van der Waals surface area contributed by atoms with Crippen molar-refractivity contribution in [1.29, 1.82) is 0 Å². The number of carbonyl (C=O) groups is 1. The lowest BCUT2D eigenvalue weighted by molar-refractivity contribution is -0.158. The van der Waals surface area contributed by atoms with Gasteiger partial charge in [-0.15, -0.1) is 0 Å². The second-order valence-corrected chi connectivity index (χ2v) is 7.66. The summed E-state index contributed by atoms with van der Waals surface area (Å²) in [5, 5.41) is -2.28. The number of carbonyl (C=O) groups excluding carboxylic acids is 1. The van der Waals surface area contributed by atoms with Crippen molar-refractivity contribution < 1.29 is 14.3 Å². The molecule has 1 atom stereocenters. The van der Waals surface area contributed by atoms with E-state index in [1.165, 1.54) is 0 Å². The normalized spacial score (nSPS) is 14.7. The minimum absolute atomic E-state index is 0.344. The molecule has 0 amide bonds. The fourth-order valence-corrected chi connectivity index (χ4v) is 1.97. The second-order valence-electron chi connectivity index (χ2n) is 4.85. The van der Waals surface area contributed by atoms with Gasteiger partial charge in [-0.1, -0.05) is 58.5 Å². The monoisotopic (exact) mass is 372 g/mol. The van der Waals surface area contributed by atoms with Crippen molar-refractivity contribution in [2.24, 2.45) is 0 Å². The van der Waals surface area contributed by atoms with Crippen LogP contribution in [0, 0.1) is 13.8 Å². The molecule has 7 heteroatoms. The van der Waals surface area contributed by atoms with Crippen LogP contribution >= 0.6 is 46.4 Å². The van der Waals surface area contributed by atoms with Crippen LogP contribution in [-0.4, -0.2) is 20.9 Å². The van der Waals surface area contributed by atoms with Crippen molar-refractivity contribution in [2.75, 3.05) is 0 Å². The maximum absolute atomic E-state index is 12.2. The molecule has 0 bridgehead atoms. The predicted molar refractivity (Wildman–Crippen MR) is 86.6 cm³/mol. The van der Waals surface area contributed by atoms with E-state index in [4.69, 9.17) is 55.9 Å². The Morgan fingerprint density at radius 2 is 1.71 bits per heavy atom. The van der Waals surface area contributed by atoms with E-state index in [1.807, 2.05) is 19.9 Å². The van der Waals surface area contributed by atoms with E-state index in [2.05, 4.69) is 0 Å². The highest BCUT2D eigenvalue weighted by molar-refractivity contribution is 6.72. The predicted octanol–water partition coefficient (Wildman–Crippen LogP) is 4.94. The zero-order valence-corrected chi connectivity index (χ0v) is 15.1. The van der Waals surface area contributed by atoms with Crippen molar-refractivity contribution >= 4 is 52.4 Å². The fourth-order valence-electron chi connectivity index (χ4n) is 1.49. The third-order valence-electron chi connectivity index (χ3n) is 2.78. The maximum atomic E-state index is 12.2. The quantitative estimate of drug-likeness (QED) is 0.553. The summed E-state index contributed by atoms with van der Waals surface area (Å²) in [7, 11) is 0. The Hall–Kier alpha value is -0.350. The summed E-state index contributed by atoms with van der Waals surface area (Å²) in [6, 6.07) is 5.28. The van der Waals surface area contributed by atoms with Crippen molar-refractivity contribution in [1.82, 2.24) is 0 Å². The van der Waals surface area contributed by atoms with Gasteiger partial charge in [0.25, 0.3) is 3.79 Å². The fraction of sp³-hybridized carbons (Fsp3) is 0.500. The van der Waals surface area contributed by atoms with E-state index < -0.39 is 20.9 Å². The Morgan fingerprint density at radius 3 is 2.19 bits per heavy atom. The first kappa shape index (κ1) is 18.7. The van der Waals surface area contributed by atoms with Crippen molar-refractivity contribution in [3.05, 3.63) is 29.3 Å². The first-order chi connectivity index (χ1) is 9.49. The summed E-state index contributed by atoms with van der Waals surface area (Å²) >= 11 is 23.7. The summed E-state index contributed by atoms with van der Waals surface area (Å²) in [5.41, 5.74) is 1.74. The zero-order chi connectivity index (χ0) is 16.4. The van der Waals surface area contributed by atoms with Crippen LogP contribution in [0.2, 0.25) is 0 Å². The molecule has 0 aliphatic heterocycles. The highest BCUT2D eigenvalue weighted by atomic mass is 35.6. The molecule has 1 aromatic carbocycles. The van der Waals surface area contributed by atoms with Gasteiger partial charge in [-0.05, 0) is 44.9 Å². The van der Waals surface area contributed by atoms with Gasteiger partial charge in [-0.25, -0.2) is 4.79 Å². The summed E-state index contributed by atoms with van der Waals surface area (Å²) in [6.45, 7) is 7.02. The number of esters is 1. The lowest BCUT2D eigenvalue weighted by Crippen LogP contribution is -2.51. The Kier molecular flexibility index (Phi) is 6.08. The lowest BCUT2D eigenvalue weighted by Gasteiger charge is -2.32. The van der Waals surface area contributed by atoms with Gasteiger partial charge in [0.1, 0.15) is 5.75 Å². The molecule has 0 fully saturated rings. The molecule has 0 aliphatic carbocycles. The number of ether oxygens (including phenoxy) is 2. The molecule has 0 aliphatic rings. The molecule has 21 heavy (non-hydrogen) atoms. The highest BCUT2D eigenvalue weighted by Crippen LogP contribution is 2.45. The molecule has 0 aromatic heterocycles.